The van der Waals surface area contributed by atoms with Gasteiger partial charge in [-0.2, -0.15) is 0 Å². The van der Waals surface area contributed by atoms with Crippen molar-refractivity contribution in [1.82, 2.24) is 0 Å². The van der Waals surface area contributed by atoms with Gasteiger partial charge in [0.1, 0.15) is 11.5 Å². The summed E-state index contributed by atoms with van der Waals surface area (Å²) in [6.45, 7) is 10.3. The average Bonchev–Trinajstić information content (AvgIpc) is 3.17. The normalized spacial score (nSPS) is 11.4. The van der Waals surface area contributed by atoms with Crippen molar-refractivity contribution in [2.75, 3.05) is 13.2 Å². The molecule has 0 aliphatic carbocycles. The monoisotopic (exact) mass is 942 g/mol. The van der Waals surface area contributed by atoms with E-state index < -0.39 is 0 Å². The minimum Gasteiger partial charge on any atom is -0.492 e. The first-order valence-electron chi connectivity index (χ1n) is 20.3. The van der Waals surface area contributed by atoms with Gasteiger partial charge in [-0.3, -0.25) is 0 Å². The van der Waals surface area contributed by atoms with E-state index >= 15 is 0 Å². The van der Waals surface area contributed by atoms with Crippen molar-refractivity contribution in [3.63, 3.8) is 0 Å². The molecule has 2 nitrogen and oxygen atoms in total. The molecule has 54 heavy (non-hydrogen) atoms. The van der Waals surface area contributed by atoms with Crippen LogP contribution in [0.15, 0.2) is 97.1 Å². The van der Waals surface area contributed by atoms with Gasteiger partial charge in [0.05, 0.1) is 20.4 Å². The highest BCUT2D eigenvalue weighted by Crippen LogP contribution is 2.50. The van der Waals surface area contributed by atoms with Crippen molar-refractivity contribution >= 4 is 66.7 Å². The highest BCUT2D eigenvalue weighted by molar-refractivity contribution is 14.1. The molecule has 0 saturated carbocycles. The SMILES string of the molecule is CCCCCCCCOc1c(I)cc2cc(-c3ccc(C)cc3)ccc2c1-c1c(OCCCCCCCC)c(I)cc2cc(-c3ccc(C)cc3)ccc12. The zero-order chi connectivity index (χ0) is 37.9. The number of aryl methyl sites for hydroxylation is 2. The summed E-state index contributed by atoms with van der Waals surface area (Å²) in [7, 11) is 0. The number of halogens is 2. The first kappa shape index (κ1) is 40.6. The molecule has 0 N–H and O–H groups in total. The third-order valence-electron chi connectivity index (χ3n) is 10.6. The van der Waals surface area contributed by atoms with Crippen molar-refractivity contribution < 1.29 is 9.47 Å². The van der Waals surface area contributed by atoms with Gasteiger partial charge < -0.3 is 9.47 Å². The fourth-order valence-electron chi connectivity index (χ4n) is 7.45. The third-order valence-corrected chi connectivity index (χ3v) is 12.2. The highest BCUT2D eigenvalue weighted by Gasteiger charge is 2.24. The van der Waals surface area contributed by atoms with E-state index in [4.69, 9.17) is 9.47 Å². The summed E-state index contributed by atoms with van der Waals surface area (Å²) < 4.78 is 16.1. The largest absolute Gasteiger partial charge is 0.492 e. The Hall–Kier alpha value is -3.10. The number of hydrogen-bond donors (Lipinski definition) is 0. The Morgan fingerprint density at radius 3 is 1.15 bits per heavy atom. The standard InChI is InChI=1S/C50H56I2O2/c1-5-7-9-11-13-15-29-53-49-45(51)33-41-31-39(37-21-17-35(3)18-22-37)25-27-43(41)47(49)48-44-28-26-40(38-23-19-36(4)20-24-38)32-42(44)34-46(52)50(48)54-30-16-14-12-10-8-6-2/h17-28,31-34H,5-16,29-30H2,1-4H3. The molecular formula is C50H56I2O2. The van der Waals surface area contributed by atoms with Crippen LogP contribution in [0.3, 0.4) is 0 Å². The molecule has 0 amide bonds. The summed E-state index contributed by atoms with van der Waals surface area (Å²) in [5, 5.41) is 4.81. The van der Waals surface area contributed by atoms with Crippen LogP contribution < -0.4 is 9.47 Å². The molecule has 6 rings (SSSR count). The van der Waals surface area contributed by atoms with E-state index in [2.05, 4.69) is 170 Å². The van der Waals surface area contributed by atoms with Gasteiger partial charge in [-0.15, -0.1) is 0 Å². The van der Waals surface area contributed by atoms with E-state index in [1.165, 1.54) is 119 Å². The van der Waals surface area contributed by atoms with Crippen molar-refractivity contribution in [3.8, 4) is 44.9 Å². The van der Waals surface area contributed by atoms with Gasteiger partial charge in [0.15, 0.2) is 0 Å². The Kier molecular flexibility index (Phi) is 15.2. The molecule has 0 unspecified atom stereocenters. The van der Waals surface area contributed by atoms with Gasteiger partial charge >= 0.3 is 0 Å². The third kappa shape index (κ3) is 10.2. The lowest BCUT2D eigenvalue weighted by molar-refractivity contribution is 0.300. The second-order valence-corrected chi connectivity index (χ2v) is 17.3. The van der Waals surface area contributed by atoms with E-state index in [0.717, 1.165) is 42.6 Å². The Balaban J connectivity index is 1.50. The smallest absolute Gasteiger partial charge is 0.141 e. The highest BCUT2D eigenvalue weighted by atomic mass is 127. The Morgan fingerprint density at radius 2 is 0.759 bits per heavy atom. The lowest BCUT2D eigenvalue weighted by atomic mass is 9.89. The van der Waals surface area contributed by atoms with Crippen LogP contribution in [0.5, 0.6) is 11.5 Å². The quantitative estimate of drug-likeness (QED) is 0.0595. The van der Waals surface area contributed by atoms with Crippen LogP contribution in [0.1, 0.15) is 102 Å². The first-order chi connectivity index (χ1) is 26.4. The molecule has 0 atom stereocenters. The van der Waals surface area contributed by atoms with E-state index in [1.807, 2.05) is 0 Å². The maximum absolute atomic E-state index is 6.93. The molecule has 0 aliphatic heterocycles. The second-order valence-electron chi connectivity index (χ2n) is 15.0. The zero-order valence-corrected chi connectivity index (χ0v) is 37.0. The number of hydrogen-bond acceptors (Lipinski definition) is 2. The van der Waals surface area contributed by atoms with Gasteiger partial charge in [-0.05, 0) is 140 Å². The molecule has 0 aromatic heterocycles. The Morgan fingerprint density at radius 1 is 0.407 bits per heavy atom. The van der Waals surface area contributed by atoms with Crippen molar-refractivity contribution in [2.24, 2.45) is 0 Å². The summed E-state index contributed by atoms with van der Waals surface area (Å²) in [6, 6.07) is 36.2. The van der Waals surface area contributed by atoms with E-state index in [-0.39, 0.29) is 0 Å². The molecule has 282 valence electrons. The molecular weight excluding hydrogens is 886 g/mol. The number of fused-ring (bicyclic) bond motifs is 2. The van der Waals surface area contributed by atoms with Crippen LogP contribution in [-0.2, 0) is 0 Å². The number of rotatable bonds is 19. The number of ether oxygens (including phenoxy) is 2. The van der Waals surface area contributed by atoms with Crippen LogP contribution in [0.25, 0.3) is 54.9 Å². The van der Waals surface area contributed by atoms with Gasteiger partial charge in [-0.25, -0.2) is 0 Å². The lowest BCUT2D eigenvalue weighted by Gasteiger charge is -2.22. The van der Waals surface area contributed by atoms with Gasteiger partial charge in [0.25, 0.3) is 0 Å². The summed E-state index contributed by atoms with van der Waals surface area (Å²) in [4.78, 5) is 0. The second kappa shape index (κ2) is 20.2. The number of benzene rings is 6. The summed E-state index contributed by atoms with van der Waals surface area (Å²) in [5.41, 5.74) is 9.73. The van der Waals surface area contributed by atoms with Crippen LogP contribution >= 0.6 is 45.2 Å². The van der Waals surface area contributed by atoms with E-state index in [9.17, 15) is 0 Å². The molecule has 0 spiro atoms. The van der Waals surface area contributed by atoms with Crippen LogP contribution in [0, 0.1) is 21.0 Å². The number of unbranched alkanes of at least 4 members (excludes halogenated alkanes) is 10. The van der Waals surface area contributed by atoms with Gasteiger partial charge in [0.2, 0.25) is 0 Å². The molecule has 0 fully saturated rings. The predicted molar refractivity (Wildman–Crippen MR) is 250 cm³/mol. The Labute approximate surface area is 351 Å². The van der Waals surface area contributed by atoms with E-state index in [0.29, 0.717) is 13.2 Å². The van der Waals surface area contributed by atoms with Crippen molar-refractivity contribution in [3.05, 3.63) is 115 Å². The minimum absolute atomic E-state index is 0.704. The fourth-order valence-corrected chi connectivity index (χ4v) is 8.97. The molecule has 6 aromatic rings. The van der Waals surface area contributed by atoms with Gasteiger partial charge in [0, 0.05) is 11.1 Å². The molecule has 0 heterocycles. The average molecular weight is 943 g/mol. The summed E-state index contributed by atoms with van der Waals surface area (Å²) >= 11 is 5.03. The maximum Gasteiger partial charge on any atom is 0.141 e. The molecule has 0 aliphatic rings. The molecule has 4 heteroatoms. The predicted octanol–water partition coefficient (Wildman–Crippen LogP) is 16.3. The fraction of sp³-hybridized carbons (Fsp3) is 0.360. The van der Waals surface area contributed by atoms with Crippen LogP contribution in [0.2, 0.25) is 0 Å². The van der Waals surface area contributed by atoms with Crippen LogP contribution in [-0.4, -0.2) is 13.2 Å². The minimum atomic E-state index is 0.704. The zero-order valence-electron chi connectivity index (χ0n) is 32.7. The maximum atomic E-state index is 6.93. The summed E-state index contributed by atoms with van der Waals surface area (Å²) in [6.07, 6.45) is 14.8. The Bertz CT molecular complexity index is 1980. The molecule has 0 saturated heterocycles. The van der Waals surface area contributed by atoms with Crippen LogP contribution in [0.4, 0.5) is 0 Å². The lowest BCUT2D eigenvalue weighted by Crippen LogP contribution is -2.05. The molecule has 0 bridgehead atoms. The molecule has 0 radical (unpaired) electrons. The molecule has 6 aromatic carbocycles. The summed E-state index contributed by atoms with van der Waals surface area (Å²) in [5.74, 6) is 1.94. The van der Waals surface area contributed by atoms with Crippen molar-refractivity contribution in [2.45, 2.75) is 105 Å². The van der Waals surface area contributed by atoms with E-state index in [1.54, 1.807) is 0 Å². The van der Waals surface area contributed by atoms with Gasteiger partial charge in [-0.1, -0.05) is 162 Å². The topological polar surface area (TPSA) is 18.5 Å². The van der Waals surface area contributed by atoms with Crippen molar-refractivity contribution in [1.29, 1.82) is 0 Å². The first-order valence-corrected chi connectivity index (χ1v) is 22.5.